The van der Waals surface area contributed by atoms with E-state index in [0.29, 0.717) is 56.1 Å². The molecule has 1 saturated heterocycles. The van der Waals surface area contributed by atoms with Gasteiger partial charge in [0, 0.05) is 31.3 Å². The molecule has 9 nitrogen and oxygen atoms in total. The second kappa shape index (κ2) is 9.26. The summed E-state index contributed by atoms with van der Waals surface area (Å²) in [5.74, 6) is 0.411. The van der Waals surface area contributed by atoms with Gasteiger partial charge in [0.25, 0.3) is 5.56 Å². The Morgan fingerprint density at radius 2 is 2.09 bits per heavy atom. The normalized spacial score (nSPS) is 19.5. The molecule has 0 aliphatic carbocycles. The van der Waals surface area contributed by atoms with Gasteiger partial charge in [-0.15, -0.1) is 0 Å². The lowest BCUT2D eigenvalue weighted by Gasteiger charge is -2.37. The fourth-order valence-electron chi connectivity index (χ4n) is 4.74. The van der Waals surface area contributed by atoms with E-state index in [1.165, 1.54) is 0 Å². The monoisotopic (exact) mass is 440 g/mol. The number of amides is 2. The van der Waals surface area contributed by atoms with Gasteiger partial charge in [0.05, 0.1) is 36.4 Å². The van der Waals surface area contributed by atoms with Crippen LogP contribution < -0.4 is 5.56 Å². The van der Waals surface area contributed by atoms with Crippen molar-refractivity contribution in [3.63, 3.8) is 0 Å². The fraction of sp³-hybridized carbons (Fsp3) is 0.609. The van der Waals surface area contributed by atoms with Crippen molar-refractivity contribution in [1.29, 1.82) is 0 Å². The first kappa shape index (κ1) is 22.2. The molecule has 2 aliphatic heterocycles. The predicted octanol–water partition coefficient (Wildman–Crippen LogP) is 1.96. The Bertz CT molecular complexity index is 1060. The van der Waals surface area contributed by atoms with Gasteiger partial charge < -0.3 is 14.8 Å². The van der Waals surface area contributed by atoms with Crippen LogP contribution in [0.2, 0.25) is 0 Å². The van der Waals surface area contributed by atoms with Crippen molar-refractivity contribution in [2.75, 3.05) is 13.1 Å². The number of hydrogen-bond acceptors (Lipinski definition) is 5. The summed E-state index contributed by atoms with van der Waals surface area (Å²) in [4.78, 5) is 49.7. The lowest BCUT2D eigenvalue weighted by atomic mass is 9.98. The number of H-pyrrole nitrogens is 1. The highest BCUT2D eigenvalue weighted by atomic mass is 16.2. The number of rotatable bonds is 5. The topological polar surface area (TPSA) is 104 Å². The molecule has 1 N–H and O–H groups in total. The van der Waals surface area contributed by atoms with Crippen LogP contribution >= 0.6 is 0 Å². The molecule has 32 heavy (non-hydrogen) atoms. The smallest absolute Gasteiger partial charge is 0.254 e. The summed E-state index contributed by atoms with van der Waals surface area (Å²) >= 11 is 0. The molecule has 4 rings (SSSR count). The number of nitrogens with zero attached hydrogens (tertiary/aromatic N) is 5. The molecule has 2 amide bonds. The van der Waals surface area contributed by atoms with Crippen LogP contribution in [0.5, 0.6) is 0 Å². The number of carbonyl (C=O) groups excluding carboxylic acids is 2. The van der Waals surface area contributed by atoms with Gasteiger partial charge in [0.15, 0.2) is 0 Å². The first-order valence-corrected chi connectivity index (χ1v) is 11.6. The first-order chi connectivity index (χ1) is 15.4. The number of aryl methyl sites for hydroxylation is 1. The Morgan fingerprint density at radius 1 is 1.28 bits per heavy atom. The van der Waals surface area contributed by atoms with E-state index in [2.05, 4.69) is 10.1 Å². The van der Waals surface area contributed by atoms with E-state index in [1.807, 2.05) is 37.9 Å². The Balaban J connectivity index is 1.57. The number of carbonyl (C=O) groups is 2. The largest absolute Gasteiger partial charge is 0.336 e. The summed E-state index contributed by atoms with van der Waals surface area (Å²) in [6, 6.07) is 1.67. The molecule has 0 aromatic carbocycles. The summed E-state index contributed by atoms with van der Waals surface area (Å²) in [6.45, 7) is 7.74. The highest BCUT2D eigenvalue weighted by Gasteiger charge is 2.33. The summed E-state index contributed by atoms with van der Waals surface area (Å²) in [5.41, 5.74) is 2.10. The molecule has 0 spiro atoms. The average Bonchev–Trinajstić information content (AvgIpc) is 3.21. The maximum absolute atomic E-state index is 13.4. The van der Waals surface area contributed by atoms with Crippen molar-refractivity contribution in [1.82, 2.24) is 29.5 Å². The number of aromatic nitrogens is 4. The van der Waals surface area contributed by atoms with Crippen molar-refractivity contribution >= 4 is 11.8 Å². The first-order valence-electron chi connectivity index (χ1n) is 11.6. The number of nitrogens with one attached hydrogen (secondary N) is 1. The third-order valence-corrected chi connectivity index (χ3v) is 6.50. The predicted molar refractivity (Wildman–Crippen MR) is 119 cm³/mol. The zero-order valence-electron chi connectivity index (χ0n) is 19.1. The third-order valence-electron chi connectivity index (χ3n) is 6.50. The average molecular weight is 441 g/mol. The molecule has 1 fully saturated rings. The zero-order valence-corrected chi connectivity index (χ0v) is 19.1. The summed E-state index contributed by atoms with van der Waals surface area (Å²) in [7, 11) is 0. The molecule has 172 valence electrons. The number of likely N-dealkylation sites (tertiary alicyclic amines) is 1. The molecule has 0 saturated carbocycles. The SMILES string of the molecule is CCC(=O)N1CCc2c(nc([C@H]3CCCCN3C(=O)[C@H](C)Cn3ccc(C)n3)[nH]c2=O)C1. The molecular weight excluding hydrogens is 408 g/mol. The fourth-order valence-corrected chi connectivity index (χ4v) is 4.74. The molecule has 2 atom stereocenters. The number of hydrogen-bond donors (Lipinski definition) is 1. The summed E-state index contributed by atoms with van der Waals surface area (Å²) < 4.78 is 1.80. The Morgan fingerprint density at radius 3 is 2.81 bits per heavy atom. The maximum atomic E-state index is 13.4. The minimum Gasteiger partial charge on any atom is -0.336 e. The minimum absolute atomic E-state index is 0.0472. The van der Waals surface area contributed by atoms with Gasteiger partial charge in [0.2, 0.25) is 11.8 Å². The van der Waals surface area contributed by atoms with Gasteiger partial charge in [-0.1, -0.05) is 13.8 Å². The van der Waals surface area contributed by atoms with Crippen LogP contribution in [0.25, 0.3) is 0 Å². The number of aromatic amines is 1. The Labute approximate surface area is 187 Å². The van der Waals surface area contributed by atoms with Crippen LogP contribution in [0.15, 0.2) is 17.1 Å². The Kier molecular flexibility index (Phi) is 6.43. The van der Waals surface area contributed by atoms with Gasteiger partial charge in [-0.2, -0.15) is 5.10 Å². The van der Waals surface area contributed by atoms with Crippen molar-refractivity contribution in [3.05, 3.63) is 45.4 Å². The highest BCUT2D eigenvalue weighted by molar-refractivity contribution is 5.79. The van der Waals surface area contributed by atoms with E-state index in [0.717, 1.165) is 25.0 Å². The Hall–Kier alpha value is -2.97. The lowest BCUT2D eigenvalue weighted by molar-refractivity contribution is -0.139. The van der Waals surface area contributed by atoms with Gasteiger partial charge in [-0.3, -0.25) is 19.1 Å². The second-order valence-electron chi connectivity index (χ2n) is 8.92. The van der Waals surface area contributed by atoms with Crippen molar-refractivity contribution in [2.45, 2.75) is 72.0 Å². The molecule has 2 aromatic rings. The van der Waals surface area contributed by atoms with Crippen LogP contribution in [0.3, 0.4) is 0 Å². The molecule has 0 radical (unpaired) electrons. The van der Waals surface area contributed by atoms with Gasteiger partial charge in [-0.05, 0) is 38.7 Å². The van der Waals surface area contributed by atoms with Gasteiger partial charge in [-0.25, -0.2) is 4.98 Å². The number of piperidine rings is 1. The maximum Gasteiger partial charge on any atom is 0.254 e. The van der Waals surface area contributed by atoms with E-state index in [1.54, 1.807) is 9.58 Å². The molecule has 2 aromatic heterocycles. The van der Waals surface area contributed by atoms with E-state index >= 15 is 0 Å². The van der Waals surface area contributed by atoms with Crippen LogP contribution in [0, 0.1) is 12.8 Å². The van der Waals surface area contributed by atoms with E-state index in [9.17, 15) is 14.4 Å². The highest BCUT2D eigenvalue weighted by Crippen LogP contribution is 2.31. The van der Waals surface area contributed by atoms with Crippen molar-refractivity contribution < 1.29 is 9.59 Å². The molecule has 4 heterocycles. The van der Waals surface area contributed by atoms with Crippen molar-refractivity contribution in [3.8, 4) is 0 Å². The second-order valence-corrected chi connectivity index (χ2v) is 8.92. The lowest BCUT2D eigenvalue weighted by Crippen LogP contribution is -2.44. The molecule has 0 bridgehead atoms. The van der Waals surface area contributed by atoms with E-state index < -0.39 is 0 Å². The molecule has 0 unspecified atom stereocenters. The summed E-state index contributed by atoms with van der Waals surface area (Å²) in [6.07, 6.45) is 5.50. The van der Waals surface area contributed by atoms with Gasteiger partial charge in [0.1, 0.15) is 5.82 Å². The van der Waals surface area contributed by atoms with E-state index in [4.69, 9.17) is 4.98 Å². The van der Waals surface area contributed by atoms with Crippen LogP contribution in [-0.4, -0.2) is 54.5 Å². The standard InChI is InChI=1S/C23H32N6O3/c1-4-20(30)27-11-9-17-18(14-27)24-21(25-22(17)31)19-7-5-6-10-29(19)23(32)15(2)13-28-12-8-16(3)26-28/h8,12,15,19H,4-7,9-11,13-14H2,1-3H3,(H,24,25,31)/t15-,19-/m1/s1. The quantitative estimate of drug-likeness (QED) is 0.765. The van der Waals surface area contributed by atoms with E-state index in [-0.39, 0.29) is 29.3 Å². The number of fused-ring (bicyclic) bond motifs is 1. The molecule has 9 heteroatoms. The zero-order chi connectivity index (χ0) is 22.8. The molecular formula is C23H32N6O3. The minimum atomic E-state index is -0.256. The van der Waals surface area contributed by atoms with Crippen LogP contribution in [0.1, 0.15) is 68.3 Å². The summed E-state index contributed by atoms with van der Waals surface area (Å²) in [5, 5.41) is 4.40. The van der Waals surface area contributed by atoms with Crippen molar-refractivity contribution in [2.24, 2.45) is 5.92 Å². The van der Waals surface area contributed by atoms with Crippen LogP contribution in [0.4, 0.5) is 0 Å². The molecule has 2 aliphatic rings. The van der Waals surface area contributed by atoms with Gasteiger partial charge >= 0.3 is 0 Å². The third kappa shape index (κ3) is 4.47. The van der Waals surface area contributed by atoms with Crippen LogP contribution in [-0.2, 0) is 29.1 Å².